The number of aromatic nitrogens is 2. The minimum absolute atomic E-state index is 0.00254. The van der Waals surface area contributed by atoms with Crippen molar-refractivity contribution in [3.63, 3.8) is 0 Å². The van der Waals surface area contributed by atoms with Gasteiger partial charge in [-0.3, -0.25) is 9.97 Å². The van der Waals surface area contributed by atoms with Crippen molar-refractivity contribution in [3.8, 4) is 35.5 Å². The number of nitrogens with zero attached hydrogens (tertiary/aromatic N) is 2. The molecule has 2 aromatic heterocycles. The number of hydrogen-bond acceptors (Lipinski definition) is 20. The molecular formula is C60H76N2O18. The molecule has 0 saturated heterocycles. The lowest BCUT2D eigenvalue weighted by molar-refractivity contribution is 0.000836. The number of hydrogen-bond donors (Lipinski definition) is 0. The first-order chi connectivity index (χ1) is 39.4. The molecule has 0 saturated carbocycles. The maximum absolute atomic E-state index is 13.5. The maximum atomic E-state index is 13.5. The number of methoxy groups -OCH3 is 4. The quantitative estimate of drug-likeness (QED) is 0.0334. The molecule has 434 valence electrons. The van der Waals surface area contributed by atoms with Gasteiger partial charge in [-0.05, 0) is 59.7 Å². The first-order valence-electron chi connectivity index (χ1n) is 26.2. The van der Waals surface area contributed by atoms with Crippen LogP contribution in [0, 0.1) is 35.5 Å². The summed E-state index contributed by atoms with van der Waals surface area (Å²) in [5.74, 6) is 17.7. The first kappa shape index (κ1) is 66.3. The number of carbonyl (C=O) groups is 2. The maximum Gasteiger partial charge on any atom is 0.338 e. The monoisotopic (exact) mass is 1110 g/mol. The van der Waals surface area contributed by atoms with Crippen LogP contribution in [0.25, 0.3) is 0 Å². The zero-order chi connectivity index (χ0) is 56.8. The van der Waals surface area contributed by atoms with Gasteiger partial charge in [-0.2, -0.15) is 0 Å². The molecule has 20 nitrogen and oxygen atoms in total. The first-order valence-corrected chi connectivity index (χ1v) is 26.2. The van der Waals surface area contributed by atoms with Crippen LogP contribution in [0.5, 0.6) is 0 Å². The average Bonchev–Trinajstić information content (AvgIpc) is 3.48. The van der Waals surface area contributed by atoms with E-state index < -0.39 is 11.9 Å². The van der Waals surface area contributed by atoms with Crippen LogP contribution in [-0.2, 0) is 89.0 Å². The van der Waals surface area contributed by atoms with E-state index in [0.29, 0.717) is 179 Å². The van der Waals surface area contributed by atoms with Crippen LogP contribution in [0.1, 0.15) is 65.2 Å². The second-order valence-corrected chi connectivity index (χ2v) is 16.8. The Morgan fingerprint density at radius 2 is 0.550 bits per heavy atom. The third kappa shape index (κ3) is 31.6. The molecule has 0 atom stereocenters. The largest absolute Gasteiger partial charge is 0.460 e. The number of pyridine rings is 2. The second-order valence-electron chi connectivity index (χ2n) is 16.8. The van der Waals surface area contributed by atoms with Crippen molar-refractivity contribution >= 4 is 11.9 Å². The van der Waals surface area contributed by atoms with Crippen molar-refractivity contribution in [2.24, 2.45) is 0 Å². The molecule has 0 aliphatic rings. The summed E-state index contributed by atoms with van der Waals surface area (Å²) in [4.78, 5) is 35.8. The molecule has 0 radical (unpaired) electrons. The van der Waals surface area contributed by atoms with E-state index >= 15 is 0 Å². The van der Waals surface area contributed by atoms with Crippen molar-refractivity contribution in [1.82, 2.24) is 9.97 Å². The molecule has 80 heavy (non-hydrogen) atoms. The van der Waals surface area contributed by atoms with E-state index in [1.54, 1.807) is 89.6 Å². The van der Waals surface area contributed by atoms with Crippen LogP contribution >= 0.6 is 0 Å². The summed E-state index contributed by atoms with van der Waals surface area (Å²) in [6.45, 7) is 9.74. The van der Waals surface area contributed by atoms with Crippen LogP contribution < -0.4 is 0 Å². The van der Waals surface area contributed by atoms with Gasteiger partial charge in [-0.1, -0.05) is 35.5 Å². The molecule has 0 aliphatic carbocycles. The topological polar surface area (TPSA) is 208 Å². The highest BCUT2D eigenvalue weighted by Crippen LogP contribution is 2.15. The lowest BCUT2D eigenvalue weighted by Gasteiger charge is -2.08. The van der Waals surface area contributed by atoms with Crippen molar-refractivity contribution in [3.05, 3.63) is 129 Å². The second kappa shape index (κ2) is 44.5. The Kier molecular flexibility index (Phi) is 36.9. The third-order valence-electron chi connectivity index (χ3n) is 10.4. The highest BCUT2D eigenvalue weighted by atomic mass is 16.6. The summed E-state index contributed by atoms with van der Waals surface area (Å²) >= 11 is 0. The highest BCUT2D eigenvalue weighted by molar-refractivity contribution is 5.91. The fourth-order valence-corrected chi connectivity index (χ4v) is 6.51. The summed E-state index contributed by atoms with van der Waals surface area (Å²) in [5, 5.41) is 0. The number of carbonyl (C=O) groups excluding carboxylic acids is 2. The van der Waals surface area contributed by atoms with Gasteiger partial charge in [0.15, 0.2) is 0 Å². The summed E-state index contributed by atoms with van der Waals surface area (Å²) in [6.07, 6.45) is 6.69. The molecule has 20 heteroatoms. The van der Waals surface area contributed by atoms with Gasteiger partial charge in [-0.15, -0.1) is 0 Å². The third-order valence-corrected chi connectivity index (χ3v) is 10.4. The van der Waals surface area contributed by atoms with Crippen LogP contribution in [-0.4, -0.2) is 209 Å². The number of ether oxygens (including phenoxy) is 16. The van der Waals surface area contributed by atoms with Gasteiger partial charge in [0.05, 0.1) is 170 Å². The zero-order valence-corrected chi connectivity index (χ0v) is 46.6. The fraction of sp³-hybridized carbons (Fsp3) is 0.500. The summed E-state index contributed by atoms with van der Waals surface area (Å²) < 4.78 is 86.7. The Hall–Kier alpha value is -6.20. The Morgan fingerprint density at radius 3 is 0.838 bits per heavy atom. The molecule has 4 aromatic rings. The van der Waals surface area contributed by atoms with Crippen LogP contribution in [0.2, 0.25) is 0 Å². The number of benzene rings is 2. The SMILES string of the molecule is COCCOCCOCCOCc1cncc(C#Cc2cc(C#Cc3cc(C#Cc4cncc(COCCOCCOCCOC)c4)cc(C(=O)OCCOCCOCCOC)c3)cc(C(=O)OCCOCCOCCOC)c2)c1. The molecule has 0 N–H and O–H groups in total. The Balaban J connectivity index is 1.54. The smallest absolute Gasteiger partial charge is 0.338 e. The van der Waals surface area contributed by atoms with Crippen LogP contribution in [0.15, 0.2) is 73.3 Å². The Morgan fingerprint density at radius 1 is 0.300 bits per heavy atom. The lowest BCUT2D eigenvalue weighted by Crippen LogP contribution is -2.14. The summed E-state index contributed by atoms with van der Waals surface area (Å²) in [6, 6.07) is 13.8. The van der Waals surface area contributed by atoms with E-state index in [9.17, 15) is 9.59 Å². The van der Waals surface area contributed by atoms with E-state index in [1.165, 1.54) is 0 Å². The van der Waals surface area contributed by atoms with Crippen LogP contribution in [0.3, 0.4) is 0 Å². The molecule has 2 heterocycles. The summed E-state index contributed by atoms with van der Waals surface area (Å²) in [5.41, 5.74) is 5.20. The molecule has 4 rings (SSSR count). The van der Waals surface area contributed by atoms with Gasteiger partial charge in [0.25, 0.3) is 0 Å². The molecular weight excluding hydrogens is 1040 g/mol. The van der Waals surface area contributed by atoms with E-state index in [-0.39, 0.29) is 37.6 Å². The molecule has 0 amide bonds. The standard InChI is InChI=1S/C60H76N2O18/c1-65-11-15-69-19-23-73-27-29-77-47-55-37-53(43-61-45-55)9-7-51-35-49(39-57(41-51)59(63)79-33-31-75-25-21-71-17-13-67-3)5-6-50-36-52(42-58(40-50)60(64)80-34-32-76-26-22-72-18-14-68-4)8-10-54-38-56(46-62-44-54)48-78-30-28-74-24-20-70-16-12-66-2/h35-46H,11-34,47-48H2,1-4H3. The van der Waals surface area contributed by atoms with Gasteiger partial charge in [-0.25, -0.2) is 9.59 Å². The van der Waals surface area contributed by atoms with Gasteiger partial charge >= 0.3 is 11.9 Å². The van der Waals surface area contributed by atoms with Crippen molar-refractivity contribution in [2.75, 3.05) is 187 Å². The van der Waals surface area contributed by atoms with Crippen LogP contribution in [0.4, 0.5) is 0 Å². The fourth-order valence-electron chi connectivity index (χ4n) is 6.51. The van der Waals surface area contributed by atoms with E-state index in [1.807, 2.05) is 12.1 Å². The van der Waals surface area contributed by atoms with Gasteiger partial charge in [0, 0.05) is 86.6 Å². The van der Waals surface area contributed by atoms with Gasteiger partial charge < -0.3 is 75.8 Å². The van der Waals surface area contributed by atoms with E-state index in [4.69, 9.17) is 75.8 Å². The minimum Gasteiger partial charge on any atom is -0.460 e. The normalized spacial score (nSPS) is 10.8. The molecule has 0 bridgehead atoms. The van der Waals surface area contributed by atoms with Crippen molar-refractivity contribution < 1.29 is 85.4 Å². The minimum atomic E-state index is -0.598. The molecule has 0 aliphatic heterocycles. The molecule has 0 spiro atoms. The highest BCUT2D eigenvalue weighted by Gasteiger charge is 2.12. The van der Waals surface area contributed by atoms with E-state index in [0.717, 1.165) is 11.1 Å². The zero-order valence-electron chi connectivity index (χ0n) is 46.6. The summed E-state index contributed by atoms with van der Waals surface area (Å²) in [7, 11) is 6.45. The predicted octanol–water partition coefficient (Wildman–Crippen LogP) is 4.74. The van der Waals surface area contributed by atoms with Gasteiger partial charge in [0.2, 0.25) is 0 Å². The molecule has 0 fully saturated rings. The number of esters is 2. The Bertz CT molecular complexity index is 2370. The average molecular weight is 1110 g/mol. The van der Waals surface area contributed by atoms with Gasteiger partial charge in [0.1, 0.15) is 13.2 Å². The Labute approximate surface area is 470 Å². The molecule has 0 unspecified atom stereocenters. The van der Waals surface area contributed by atoms with Crippen molar-refractivity contribution in [2.45, 2.75) is 13.2 Å². The number of rotatable bonds is 42. The van der Waals surface area contributed by atoms with Crippen molar-refractivity contribution in [1.29, 1.82) is 0 Å². The van der Waals surface area contributed by atoms with E-state index in [2.05, 4.69) is 45.5 Å². The predicted molar refractivity (Wildman–Crippen MR) is 293 cm³/mol. The lowest BCUT2D eigenvalue weighted by atomic mass is 10.0. The molecule has 2 aromatic carbocycles.